The summed E-state index contributed by atoms with van der Waals surface area (Å²) in [6, 6.07) is 13.0. The molecule has 0 atom stereocenters. The molecule has 0 unspecified atom stereocenters. The second-order valence-corrected chi connectivity index (χ2v) is 7.71. The predicted octanol–water partition coefficient (Wildman–Crippen LogP) is 3.98. The Morgan fingerprint density at radius 2 is 1.94 bits per heavy atom. The third-order valence-corrected chi connectivity index (χ3v) is 5.35. The highest BCUT2D eigenvalue weighted by Gasteiger charge is 2.35. The minimum absolute atomic E-state index is 0.0174. The first-order chi connectivity index (χ1) is 15.0. The first-order valence-corrected chi connectivity index (χ1v) is 10.2. The van der Waals surface area contributed by atoms with Crippen LogP contribution in [0.5, 0.6) is 0 Å². The number of nitrogens with zero attached hydrogens (tertiary/aromatic N) is 3. The molecule has 0 radical (unpaired) electrons. The van der Waals surface area contributed by atoms with Crippen LogP contribution in [0.25, 0.3) is 0 Å². The van der Waals surface area contributed by atoms with Gasteiger partial charge in [0.05, 0.1) is 25.0 Å². The number of benzene rings is 1. The lowest BCUT2D eigenvalue weighted by Gasteiger charge is -2.27. The molecule has 1 aliphatic carbocycles. The summed E-state index contributed by atoms with van der Waals surface area (Å²) in [5.41, 5.74) is 1.07. The van der Waals surface area contributed by atoms with Gasteiger partial charge < -0.3 is 24.1 Å². The van der Waals surface area contributed by atoms with Crippen LogP contribution in [0.15, 0.2) is 65.4 Å². The van der Waals surface area contributed by atoms with Gasteiger partial charge in [-0.1, -0.05) is 12.1 Å². The Morgan fingerprint density at radius 3 is 2.58 bits per heavy atom. The number of halogens is 1. The maximum Gasteiger partial charge on any atom is 0.322 e. The van der Waals surface area contributed by atoms with E-state index in [1.165, 1.54) is 17.0 Å². The molecule has 1 aliphatic rings. The van der Waals surface area contributed by atoms with Crippen molar-refractivity contribution in [1.29, 1.82) is 0 Å². The lowest BCUT2D eigenvalue weighted by atomic mass is 10.3. The summed E-state index contributed by atoms with van der Waals surface area (Å²) in [6.45, 7) is 0.594. The van der Waals surface area contributed by atoms with Crippen LogP contribution in [-0.4, -0.2) is 38.9 Å². The first-order valence-electron chi connectivity index (χ1n) is 10.2. The van der Waals surface area contributed by atoms with Gasteiger partial charge in [0.1, 0.15) is 18.1 Å². The molecule has 3 amide bonds. The van der Waals surface area contributed by atoms with Gasteiger partial charge in [0.2, 0.25) is 5.91 Å². The largest absolute Gasteiger partial charge is 0.467 e. The second-order valence-electron chi connectivity index (χ2n) is 7.71. The van der Waals surface area contributed by atoms with Gasteiger partial charge in [-0.25, -0.2) is 9.18 Å². The lowest BCUT2D eigenvalue weighted by Crippen LogP contribution is -2.45. The van der Waals surface area contributed by atoms with Gasteiger partial charge in [-0.05, 0) is 49.2 Å². The number of urea groups is 1. The number of hydrogen-bond donors (Lipinski definition) is 1. The number of hydrogen-bond acceptors (Lipinski definition) is 3. The summed E-state index contributed by atoms with van der Waals surface area (Å²) < 4.78 is 21.3. The van der Waals surface area contributed by atoms with Crippen molar-refractivity contribution in [2.75, 3.05) is 11.9 Å². The Hall–Kier alpha value is -3.55. The Kier molecular flexibility index (Phi) is 6.06. The second kappa shape index (κ2) is 9.07. The van der Waals surface area contributed by atoms with E-state index in [0.29, 0.717) is 18.8 Å². The van der Waals surface area contributed by atoms with Gasteiger partial charge in [0.15, 0.2) is 0 Å². The first kappa shape index (κ1) is 20.7. The highest BCUT2D eigenvalue weighted by Crippen LogP contribution is 2.28. The number of rotatable bonds is 8. The monoisotopic (exact) mass is 424 g/mol. The van der Waals surface area contributed by atoms with Crippen molar-refractivity contribution in [2.24, 2.45) is 7.05 Å². The number of carbonyl (C=O) groups is 2. The van der Waals surface area contributed by atoms with Crippen molar-refractivity contribution in [3.05, 3.63) is 78.3 Å². The zero-order valence-electron chi connectivity index (χ0n) is 17.3. The van der Waals surface area contributed by atoms with Gasteiger partial charge in [-0.15, -0.1) is 0 Å². The predicted molar refractivity (Wildman–Crippen MR) is 114 cm³/mol. The minimum atomic E-state index is -0.513. The molecule has 0 bridgehead atoms. The molecule has 31 heavy (non-hydrogen) atoms. The molecule has 7 nitrogen and oxygen atoms in total. The van der Waals surface area contributed by atoms with E-state index in [-0.39, 0.29) is 24.2 Å². The third-order valence-electron chi connectivity index (χ3n) is 5.35. The van der Waals surface area contributed by atoms with E-state index in [0.717, 1.165) is 18.5 Å². The molecule has 1 saturated carbocycles. The van der Waals surface area contributed by atoms with E-state index in [1.807, 2.05) is 36.0 Å². The Morgan fingerprint density at radius 1 is 1.13 bits per heavy atom. The molecule has 1 N–H and O–H groups in total. The molecule has 4 rings (SSSR count). The number of amides is 3. The van der Waals surface area contributed by atoms with Crippen molar-refractivity contribution in [2.45, 2.75) is 32.0 Å². The van der Waals surface area contributed by atoms with Crippen molar-refractivity contribution >= 4 is 17.6 Å². The van der Waals surface area contributed by atoms with Gasteiger partial charge >= 0.3 is 6.03 Å². The van der Waals surface area contributed by atoms with E-state index in [9.17, 15) is 14.0 Å². The van der Waals surface area contributed by atoms with E-state index in [2.05, 4.69) is 5.32 Å². The molecule has 0 aliphatic heterocycles. The summed E-state index contributed by atoms with van der Waals surface area (Å²) in [6.07, 6.45) is 5.14. The smallest absolute Gasteiger partial charge is 0.322 e. The van der Waals surface area contributed by atoms with Crippen LogP contribution in [0.4, 0.5) is 14.9 Å². The fourth-order valence-corrected chi connectivity index (χ4v) is 3.43. The Labute approximate surface area is 180 Å². The van der Waals surface area contributed by atoms with Crippen molar-refractivity contribution < 1.29 is 18.4 Å². The number of anilines is 1. The SMILES string of the molecule is Cn1cccc1CN(Cc1ccco1)C(=O)CN(C(=O)Nc1ccccc1F)C1CC1. The number of aromatic nitrogens is 1. The minimum Gasteiger partial charge on any atom is -0.467 e. The molecule has 0 spiro atoms. The topological polar surface area (TPSA) is 70.7 Å². The Bertz CT molecular complexity index is 1040. The molecular formula is C23H25FN4O3. The highest BCUT2D eigenvalue weighted by molar-refractivity contribution is 5.93. The number of aryl methyl sites for hydroxylation is 1. The molecular weight excluding hydrogens is 399 g/mol. The summed E-state index contributed by atoms with van der Waals surface area (Å²) in [5.74, 6) is -0.0504. The van der Waals surface area contributed by atoms with Gasteiger partial charge in [0, 0.05) is 25.0 Å². The summed E-state index contributed by atoms with van der Waals surface area (Å²) >= 11 is 0. The third kappa shape index (κ3) is 5.14. The van der Waals surface area contributed by atoms with Crippen molar-refractivity contribution in [3.63, 3.8) is 0 Å². The van der Waals surface area contributed by atoms with Gasteiger partial charge in [-0.2, -0.15) is 0 Å². The van der Waals surface area contributed by atoms with Crippen LogP contribution in [0.3, 0.4) is 0 Å². The van der Waals surface area contributed by atoms with E-state index >= 15 is 0 Å². The summed E-state index contributed by atoms with van der Waals surface area (Å²) in [4.78, 5) is 29.3. The fraction of sp³-hybridized carbons (Fsp3) is 0.304. The summed E-state index contributed by atoms with van der Waals surface area (Å²) in [7, 11) is 1.92. The van der Waals surface area contributed by atoms with Crippen LogP contribution >= 0.6 is 0 Å². The maximum absolute atomic E-state index is 14.0. The normalized spacial score (nSPS) is 13.1. The van der Waals surface area contributed by atoms with Crippen LogP contribution in [-0.2, 0) is 24.9 Å². The molecule has 1 fully saturated rings. The number of para-hydroxylation sites is 1. The standard InChI is InChI=1S/C23H25FN4O3/c1-26-12-4-6-18(26)14-27(15-19-7-5-13-31-19)22(29)16-28(17-10-11-17)23(30)25-21-9-3-2-8-20(21)24/h2-9,12-13,17H,10-11,14-16H2,1H3,(H,25,30). The van der Waals surface area contributed by atoms with Crippen molar-refractivity contribution in [1.82, 2.24) is 14.4 Å². The average Bonchev–Trinajstić information content (AvgIpc) is 3.31. The lowest BCUT2D eigenvalue weighted by molar-refractivity contribution is -0.133. The zero-order valence-corrected chi connectivity index (χ0v) is 17.3. The van der Waals surface area contributed by atoms with E-state index in [1.54, 1.807) is 29.4 Å². The molecule has 2 heterocycles. The Balaban J connectivity index is 1.48. The number of furan rings is 1. The van der Waals surface area contributed by atoms with Crippen LogP contribution < -0.4 is 5.32 Å². The highest BCUT2D eigenvalue weighted by atomic mass is 19.1. The quantitative estimate of drug-likeness (QED) is 0.595. The van der Waals surface area contributed by atoms with Crippen molar-refractivity contribution in [3.8, 4) is 0 Å². The van der Waals surface area contributed by atoms with Crippen LogP contribution in [0.1, 0.15) is 24.3 Å². The maximum atomic E-state index is 14.0. The summed E-state index contributed by atoms with van der Waals surface area (Å²) in [5, 5.41) is 2.59. The average molecular weight is 424 g/mol. The van der Waals surface area contributed by atoms with Crippen LogP contribution in [0, 0.1) is 5.82 Å². The zero-order chi connectivity index (χ0) is 21.8. The molecule has 162 valence electrons. The van der Waals surface area contributed by atoms with Crippen LogP contribution in [0.2, 0.25) is 0 Å². The molecule has 2 aromatic heterocycles. The fourth-order valence-electron chi connectivity index (χ4n) is 3.43. The van der Waals surface area contributed by atoms with E-state index < -0.39 is 11.8 Å². The molecule has 1 aromatic carbocycles. The van der Waals surface area contributed by atoms with Gasteiger partial charge in [0.25, 0.3) is 0 Å². The number of carbonyl (C=O) groups excluding carboxylic acids is 2. The van der Waals surface area contributed by atoms with E-state index in [4.69, 9.17) is 4.42 Å². The van der Waals surface area contributed by atoms with Gasteiger partial charge in [-0.3, -0.25) is 4.79 Å². The number of nitrogens with one attached hydrogen (secondary N) is 1. The molecule has 8 heteroatoms. The molecule has 0 saturated heterocycles. The molecule has 3 aromatic rings.